The lowest BCUT2D eigenvalue weighted by molar-refractivity contribution is 0.0730. The van der Waals surface area contributed by atoms with Crippen LogP contribution in [0.3, 0.4) is 0 Å². The molecule has 1 amide bonds. The normalized spacial score (nSPS) is 15.4. The van der Waals surface area contributed by atoms with Gasteiger partial charge in [-0.25, -0.2) is 8.42 Å². The van der Waals surface area contributed by atoms with Crippen LogP contribution < -0.4 is 5.32 Å². The summed E-state index contributed by atoms with van der Waals surface area (Å²) >= 11 is 0. The molecule has 1 N–H and O–H groups in total. The first kappa shape index (κ1) is 18.5. The molecule has 0 saturated carbocycles. The number of amides is 1. The summed E-state index contributed by atoms with van der Waals surface area (Å²) in [6, 6.07) is 15.2. The first-order valence-electron chi connectivity index (χ1n) is 8.89. The Labute approximate surface area is 163 Å². The number of hydrogen-bond donors (Lipinski definition) is 1. The highest BCUT2D eigenvalue weighted by atomic mass is 32.2. The summed E-state index contributed by atoms with van der Waals surface area (Å²) in [6.45, 7) is 1.35. The Kier molecular flexibility index (Phi) is 5.08. The van der Waals surface area contributed by atoms with Crippen molar-refractivity contribution in [3.8, 4) is 0 Å². The van der Waals surface area contributed by atoms with E-state index < -0.39 is 10.0 Å². The molecular weight excluding hydrogens is 378 g/mol. The van der Waals surface area contributed by atoms with Crippen molar-refractivity contribution in [1.82, 2.24) is 9.29 Å². The van der Waals surface area contributed by atoms with Crippen molar-refractivity contribution in [1.29, 1.82) is 0 Å². The Hall–Kier alpha value is -2.81. The van der Waals surface area contributed by atoms with Crippen molar-refractivity contribution in [2.45, 2.75) is 4.90 Å². The molecular formula is C20H19N3O4S. The lowest BCUT2D eigenvalue weighted by Gasteiger charge is -2.26. The van der Waals surface area contributed by atoms with Gasteiger partial charge >= 0.3 is 0 Å². The number of nitrogens with zero attached hydrogens (tertiary/aromatic N) is 2. The molecule has 2 heterocycles. The largest absolute Gasteiger partial charge is 0.379 e. The van der Waals surface area contributed by atoms with Gasteiger partial charge in [-0.05, 0) is 42.5 Å². The lowest BCUT2D eigenvalue weighted by Crippen LogP contribution is -2.40. The predicted octanol–water partition coefficient (Wildman–Crippen LogP) is 2.51. The Bertz CT molecular complexity index is 1120. The van der Waals surface area contributed by atoms with Crippen LogP contribution in [0.2, 0.25) is 0 Å². The molecule has 1 fully saturated rings. The average Bonchev–Trinajstić information content (AvgIpc) is 2.75. The van der Waals surface area contributed by atoms with Crippen molar-refractivity contribution in [2.24, 2.45) is 0 Å². The van der Waals surface area contributed by atoms with Crippen LogP contribution in [0, 0.1) is 0 Å². The van der Waals surface area contributed by atoms with Crippen molar-refractivity contribution in [3.63, 3.8) is 0 Å². The molecule has 7 nitrogen and oxygen atoms in total. The fraction of sp³-hybridized carbons (Fsp3) is 0.200. The monoisotopic (exact) mass is 397 g/mol. The zero-order chi connectivity index (χ0) is 19.6. The van der Waals surface area contributed by atoms with Crippen LogP contribution in [0.1, 0.15) is 10.4 Å². The second kappa shape index (κ2) is 7.67. The van der Waals surface area contributed by atoms with E-state index in [1.54, 1.807) is 30.5 Å². The van der Waals surface area contributed by atoms with E-state index in [9.17, 15) is 13.2 Å². The molecule has 4 rings (SSSR count). The number of ether oxygens (including phenoxy) is 1. The van der Waals surface area contributed by atoms with E-state index in [1.807, 2.05) is 18.2 Å². The van der Waals surface area contributed by atoms with Gasteiger partial charge in [-0.1, -0.05) is 12.1 Å². The van der Waals surface area contributed by atoms with Crippen LogP contribution in [-0.2, 0) is 14.8 Å². The number of hydrogen-bond acceptors (Lipinski definition) is 5. The fourth-order valence-electron chi connectivity index (χ4n) is 3.14. The van der Waals surface area contributed by atoms with Crippen LogP contribution in [0.4, 0.5) is 5.69 Å². The van der Waals surface area contributed by atoms with E-state index >= 15 is 0 Å². The zero-order valence-electron chi connectivity index (χ0n) is 15.0. The predicted molar refractivity (Wildman–Crippen MR) is 106 cm³/mol. The lowest BCUT2D eigenvalue weighted by atomic mass is 10.1. The van der Waals surface area contributed by atoms with Crippen LogP contribution in [0.5, 0.6) is 0 Å². The van der Waals surface area contributed by atoms with E-state index in [-0.39, 0.29) is 16.4 Å². The molecule has 8 heteroatoms. The van der Waals surface area contributed by atoms with E-state index in [0.29, 0.717) is 32.0 Å². The summed E-state index contributed by atoms with van der Waals surface area (Å²) in [7, 11) is -3.66. The molecule has 0 aliphatic carbocycles. The maximum Gasteiger partial charge on any atom is 0.255 e. The van der Waals surface area contributed by atoms with Gasteiger partial charge in [0.2, 0.25) is 10.0 Å². The summed E-state index contributed by atoms with van der Waals surface area (Å²) in [6.07, 6.45) is 1.69. The van der Waals surface area contributed by atoms with Gasteiger partial charge in [-0.3, -0.25) is 9.78 Å². The molecule has 3 aromatic rings. The zero-order valence-corrected chi connectivity index (χ0v) is 15.9. The fourth-order valence-corrected chi connectivity index (χ4v) is 4.60. The first-order valence-corrected chi connectivity index (χ1v) is 10.3. The van der Waals surface area contributed by atoms with Crippen LogP contribution in [0.15, 0.2) is 65.7 Å². The van der Waals surface area contributed by atoms with Gasteiger partial charge in [0.25, 0.3) is 5.91 Å². The summed E-state index contributed by atoms with van der Waals surface area (Å²) in [5, 5.41) is 3.67. The number of aromatic nitrogens is 1. The minimum absolute atomic E-state index is 0.0987. The molecule has 0 spiro atoms. The van der Waals surface area contributed by atoms with E-state index in [2.05, 4.69) is 10.3 Å². The highest BCUT2D eigenvalue weighted by Crippen LogP contribution is 2.23. The number of nitrogens with one attached hydrogen (secondary N) is 1. The highest BCUT2D eigenvalue weighted by molar-refractivity contribution is 7.89. The third-order valence-electron chi connectivity index (χ3n) is 4.60. The summed E-state index contributed by atoms with van der Waals surface area (Å²) in [4.78, 5) is 17.1. The van der Waals surface area contributed by atoms with Crippen molar-refractivity contribution in [3.05, 3.63) is 66.4 Å². The maximum atomic E-state index is 12.8. The van der Waals surface area contributed by atoms with Gasteiger partial charge in [0.05, 0.1) is 29.3 Å². The van der Waals surface area contributed by atoms with Crippen LogP contribution in [0.25, 0.3) is 10.9 Å². The molecule has 1 aliphatic rings. The molecule has 1 aromatic heterocycles. The number of carbonyl (C=O) groups excluding carboxylic acids is 1. The molecule has 144 valence electrons. The van der Waals surface area contributed by atoms with E-state index in [1.165, 1.54) is 16.4 Å². The molecule has 1 saturated heterocycles. The van der Waals surface area contributed by atoms with E-state index in [4.69, 9.17) is 4.74 Å². The quantitative estimate of drug-likeness (QED) is 0.731. The van der Waals surface area contributed by atoms with Crippen molar-refractivity contribution in [2.75, 3.05) is 31.6 Å². The number of morpholine rings is 1. The Morgan fingerprint density at radius 1 is 1.04 bits per heavy atom. The molecule has 1 aliphatic heterocycles. The van der Waals surface area contributed by atoms with Gasteiger partial charge in [0.1, 0.15) is 0 Å². The second-order valence-corrected chi connectivity index (χ2v) is 8.31. The molecule has 0 unspecified atom stereocenters. The number of anilines is 1. The second-order valence-electron chi connectivity index (χ2n) is 6.37. The first-order chi connectivity index (χ1) is 13.6. The highest BCUT2D eigenvalue weighted by Gasteiger charge is 2.26. The minimum Gasteiger partial charge on any atom is -0.379 e. The molecule has 0 bridgehead atoms. The van der Waals surface area contributed by atoms with Gasteiger partial charge in [0.15, 0.2) is 0 Å². The molecule has 0 radical (unpaired) electrons. The summed E-state index contributed by atoms with van der Waals surface area (Å²) in [5.74, 6) is -0.379. The van der Waals surface area contributed by atoms with Crippen LogP contribution in [-0.4, -0.2) is 49.9 Å². The van der Waals surface area contributed by atoms with E-state index in [0.717, 1.165) is 10.9 Å². The number of fused-ring (bicyclic) bond motifs is 1. The van der Waals surface area contributed by atoms with Crippen molar-refractivity contribution < 1.29 is 17.9 Å². The van der Waals surface area contributed by atoms with Gasteiger partial charge in [-0.15, -0.1) is 0 Å². The number of pyridine rings is 1. The van der Waals surface area contributed by atoms with Crippen LogP contribution >= 0.6 is 0 Å². The maximum absolute atomic E-state index is 12.8. The van der Waals surface area contributed by atoms with Gasteiger partial charge < -0.3 is 10.1 Å². The standard InChI is InChI=1S/C20H19N3O4S/c24-20(22-19-8-2-7-18-17(19)6-3-9-21-18)15-4-1-5-16(14-15)28(25,26)23-10-12-27-13-11-23/h1-9,14H,10-13H2,(H,22,24). The smallest absolute Gasteiger partial charge is 0.255 e. The molecule has 0 atom stereocenters. The third kappa shape index (κ3) is 3.62. The topological polar surface area (TPSA) is 88.6 Å². The van der Waals surface area contributed by atoms with Crippen molar-refractivity contribution >= 4 is 32.5 Å². The molecule has 2 aromatic carbocycles. The third-order valence-corrected chi connectivity index (χ3v) is 6.49. The van der Waals surface area contributed by atoms with Gasteiger partial charge in [-0.2, -0.15) is 4.31 Å². The summed E-state index contributed by atoms with van der Waals surface area (Å²) in [5.41, 5.74) is 1.66. The Morgan fingerprint density at radius 2 is 1.82 bits per heavy atom. The Morgan fingerprint density at radius 3 is 2.64 bits per heavy atom. The molecule has 28 heavy (non-hydrogen) atoms. The van der Waals surface area contributed by atoms with Gasteiger partial charge in [0, 0.05) is 30.2 Å². The Balaban J connectivity index is 1.61. The number of sulfonamides is 1. The SMILES string of the molecule is O=C(Nc1cccc2ncccc12)c1cccc(S(=O)(=O)N2CCOCC2)c1. The number of benzene rings is 2. The summed E-state index contributed by atoms with van der Waals surface area (Å²) < 4.78 is 32.2. The number of carbonyl (C=O) groups is 1. The number of rotatable bonds is 4. The average molecular weight is 397 g/mol. The minimum atomic E-state index is -3.66.